The highest BCUT2D eigenvalue weighted by Gasteiger charge is 2.11. The Hall–Kier alpha value is -4.60. The highest BCUT2D eigenvalue weighted by atomic mass is 32.2. The Balaban J connectivity index is 1.19. The zero-order valence-corrected chi connectivity index (χ0v) is 28.2. The molecule has 0 bridgehead atoms. The van der Waals surface area contributed by atoms with Gasteiger partial charge in [0.25, 0.3) is 0 Å². The van der Waals surface area contributed by atoms with Gasteiger partial charge in [0, 0.05) is 23.6 Å². The van der Waals surface area contributed by atoms with Crippen LogP contribution in [0.1, 0.15) is 48.9 Å². The van der Waals surface area contributed by atoms with Crippen molar-refractivity contribution >= 4 is 50.4 Å². The van der Waals surface area contributed by atoms with Crippen LogP contribution in [-0.4, -0.2) is 57.2 Å². The Morgan fingerprint density at radius 1 is 0.688 bits per heavy atom. The van der Waals surface area contributed by atoms with E-state index >= 15 is 0 Å². The molecule has 0 saturated heterocycles. The fraction of sp³-hybridized carbons (Fsp3) is 0.308. The summed E-state index contributed by atoms with van der Waals surface area (Å²) in [6, 6.07) is 23.5. The van der Waals surface area contributed by atoms with Crippen molar-refractivity contribution in [3.8, 4) is 11.5 Å². The van der Waals surface area contributed by atoms with Gasteiger partial charge in [0.1, 0.15) is 11.5 Å². The van der Waals surface area contributed by atoms with Gasteiger partial charge in [0.15, 0.2) is 0 Å². The number of methoxy groups -OCH3 is 1. The third-order valence-electron chi connectivity index (χ3n) is 7.44. The molecule has 252 valence electrons. The number of unbranched alkanes of at least 4 members (excludes halogenated alkanes) is 4. The van der Waals surface area contributed by atoms with E-state index in [4.69, 9.17) is 23.7 Å². The molecular formula is C39H42O8S. The Labute approximate surface area is 286 Å². The summed E-state index contributed by atoms with van der Waals surface area (Å²) in [6.45, 7) is 9.03. The van der Waals surface area contributed by atoms with E-state index in [0.717, 1.165) is 82.5 Å². The van der Waals surface area contributed by atoms with Crippen LogP contribution in [0.2, 0.25) is 0 Å². The predicted molar refractivity (Wildman–Crippen MR) is 190 cm³/mol. The van der Waals surface area contributed by atoms with Crippen LogP contribution in [-0.2, 0) is 23.8 Å². The maximum atomic E-state index is 13.1. The van der Waals surface area contributed by atoms with Gasteiger partial charge in [-0.3, -0.25) is 4.79 Å². The Kier molecular flexibility index (Phi) is 14.6. The van der Waals surface area contributed by atoms with Crippen LogP contribution in [0.15, 0.2) is 102 Å². The van der Waals surface area contributed by atoms with E-state index in [1.165, 1.54) is 18.9 Å². The van der Waals surface area contributed by atoms with Crippen LogP contribution in [0.4, 0.5) is 0 Å². The summed E-state index contributed by atoms with van der Waals surface area (Å²) in [5, 5.41) is 4.18. The van der Waals surface area contributed by atoms with Gasteiger partial charge in [-0.05, 0) is 120 Å². The Morgan fingerprint density at radius 3 is 1.98 bits per heavy atom. The van der Waals surface area contributed by atoms with Crippen LogP contribution >= 0.6 is 11.8 Å². The molecule has 4 rings (SSSR count). The topological polar surface area (TPSA) is 97.4 Å². The van der Waals surface area contributed by atoms with Gasteiger partial charge in [-0.2, -0.15) is 0 Å². The monoisotopic (exact) mass is 670 g/mol. The van der Waals surface area contributed by atoms with Crippen molar-refractivity contribution in [1.82, 2.24) is 0 Å². The lowest BCUT2D eigenvalue weighted by Crippen LogP contribution is -2.11. The molecule has 8 nitrogen and oxygen atoms in total. The van der Waals surface area contributed by atoms with Gasteiger partial charge in [-0.15, -0.1) is 0 Å². The molecule has 0 fully saturated rings. The summed E-state index contributed by atoms with van der Waals surface area (Å²) in [6.07, 6.45) is 6.23. The number of hydrogen-bond donors (Lipinski definition) is 0. The second-order valence-corrected chi connectivity index (χ2v) is 12.2. The molecule has 4 aromatic carbocycles. The van der Waals surface area contributed by atoms with E-state index in [2.05, 4.69) is 13.2 Å². The molecule has 0 aliphatic carbocycles. The molecule has 0 saturated carbocycles. The molecule has 0 aromatic heterocycles. The van der Waals surface area contributed by atoms with E-state index in [-0.39, 0.29) is 11.7 Å². The minimum atomic E-state index is -0.411. The quantitative estimate of drug-likeness (QED) is 0.0301. The normalized spacial score (nSPS) is 10.9. The molecule has 4 aromatic rings. The van der Waals surface area contributed by atoms with Crippen LogP contribution in [0.5, 0.6) is 11.5 Å². The van der Waals surface area contributed by atoms with Gasteiger partial charge >= 0.3 is 11.9 Å². The minimum absolute atomic E-state index is 0.0256. The molecule has 0 spiro atoms. The molecule has 0 aliphatic rings. The fourth-order valence-electron chi connectivity index (χ4n) is 4.91. The van der Waals surface area contributed by atoms with Crippen molar-refractivity contribution in [3.63, 3.8) is 0 Å². The Bertz CT molecular complexity index is 1710. The molecule has 48 heavy (non-hydrogen) atoms. The van der Waals surface area contributed by atoms with E-state index < -0.39 is 11.9 Å². The number of esters is 2. The zero-order chi connectivity index (χ0) is 34.1. The zero-order valence-electron chi connectivity index (χ0n) is 27.4. The van der Waals surface area contributed by atoms with E-state index in [1.54, 1.807) is 0 Å². The summed E-state index contributed by atoms with van der Waals surface area (Å²) >= 11 is 1.19. The fourth-order valence-corrected chi connectivity index (χ4v) is 5.64. The molecular weight excluding hydrogens is 628 g/mol. The number of carbonyl (C=O) groups excluding carboxylic acids is 3. The molecule has 0 aliphatic heterocycles. The minimum Gasteiger partial charge on any atom is -0.494 e. The van der Waals surface area contributed by atoms with E-state index in [0.29, 0.717) is 37.6 Å². The van der Waals surface area contributed by atoms with Crippen molar-refractivity contribution in [1.29, 1.82) is 0 Å². The van der Waals surface area contributed by atoms with Gasteiger partial charge < -0.3 is 23.7 Å². The van der Waals surface area contributed by atoms with Crippen molar-refractivity contribution in [3.05, 3.63) is 103 Å². The number of fused-ring (bicyclic) bond motifs is 3. The standard InChI is InChI=1S/C39H42O8S/c1-4-37(40)46-23-10-9-22-45-33-16-20-36-30(26-33)12-11-29-25-31(13-19-35(29)36)39(42)48-34-17-14-32(15-18-34)44-21-7-5-6-8-24-47-38(41)28(2)27-43-3/h4,11-20,25-26H,1-2,5-10,21-24,27H2,3H3. The van der Waals surface area contributed by atoms with Crippen LogP contribution < -0.4 is 9.47 Å². The average Bonchev–Trinajstić information content (AvgIpc) is 3.10. The highest BCUT2D eigenvalue weighted by molar-refractivity contribution is 8.14. The number of carbonyl (C=O) groups is 3. The van der Waals surface area contributed by atoms with Gasteiger partial charge in [0.05, 0.1) is 38.6 Å². The molecule has 9 heteroatoms. The average molecular weight is 671 g/mol. The van der Waals surface area contributed by atoms with Crippen molar-refractivity contribution < 1.29 is 38.1 Å². The third kappa shape index (κ3) is 11.3. The van der Waals surface area contributed by atoms with Crippen molar-refractivity contribution in [2.45, 2.75) is 43.4 Å². The van der Waals surface area contributed by atoms with Crippen LogP contribution in [0, 0.1) is 0 Å². The van der Waals surface area contributed by atoms with Crippen LogP contribution in [0.3, 0.4) is 0 Å². The summed E-state index contributed by atoms with van der Waals surface area (Å²) in [5.74, 6) is 0.719. The highest BCUT2D eigenvalue weighted by Crippen LogP contribution is 2.31. The second-order valence-electron chi connectivity index (χ2n) is 11.1. The molecule has 0 heterocycles. The van der Waals surface area contributed by atoms with Gasteiger partial charge in [-0.1, -0.05) is 37.4 Å². The largest absolute Gasteiger partial charge is 0.494 e. The summed E-state index contributed by atoms with van der Waals surface area (Å²) in [5.41, 5.74) is 0.960. The first kappa shape index (κ1) is 36.2. The maximum absolute atomic E-state index is 13.1. The summed E-state index contributed by atoms with van der Waals surface area (Å²) in [7, 11) is 1.51. The first-order valence-corrected chi connectivity index (χ1v) is 16.9. The lowest BCUT2D eigenvalue weighted by atomic mass is 10.0. The third-order valence-corrected chi connectivity index (χ3v) is 8.37. The molecule has 0 unspecified atom stereocenters. The van der Waals surface area contributed by atoms with E-state index in [9.17, 15) is 14.4 Å². The first-order valence-electron chi connectivity index (χ1n) is 16.1. The number of ether oxygens (including phenoxy) is 5. The molecule has 0 atom stereocenters. The van der Waals surface area contributed by atoms with Crippen molar-refractivity contribution in [2.24, 2.45) is 0 Å². The van der Waals surface area contributed by atoms with Gasteiger partial charge in [-0.25, -0.2) is 9.59 Å². The molecule has 0 radical (unpaired) electrons. The number of hydrogen-bond acceptors (Lipinski definition) is 9. The maximum Gasteiger partial charge on any atom is 0.335 e. The lowest BCUT2D eigenvalue weighted by molar-refractivity contribution is -0.140. The SMILES string of the molecule is C=CC(=O)OCCCCOc1ccc2c(ccc3cc(C(=O)Sc4ccc(OCCCCCCOC(=O)C(=C)COC)cc4)ccc32)c1. The number of thioether (sulfide) groups is 1. The number of rotatable bonds is 20. The first-order chi connectivity index (χ1) is 23.4. The predicted octanol–water partition coefficient (Wildman–Crippen LogP) is 8.50. The number of benzene rings is 4. The smallest absolute Gasteiger partial charge is 0.335 e. The lowest BCUT2D eigenvalue weighted by Gasteiger charge is -2.10. The summed E-state index contributed by atoms with van der Waals surface area (Å²) in [4.78, 5) is 36.8. The second kappa shape index (κ2) is 19.3. The Morgan fingerprint density at radius 2 is 1.27 bits per heavy atom. The molecule has 0 amide bonds. The van der Waals surface area contributed by atoms with Gasteiger partial charge in [0.2, 0.25) is 5.12 Å². The molecule has 0 N–H and O–H groups in total. The van der Waals surface area contributed by atoms with E-state index in [1.807, 2.05) is 72.8 Å². The van der Waals surface area contributed by atoms with Crippen LogP contribution in [0.25, 0.3) is 21.5 Å². The van der Waals surface area contributed by atoms with Crippen molar-refractivity contribution in [2.75, 3.05) is 40.1 Å². The summed E-state index contributed by atoms with van der Waals surface area (Å²) < 4.78 is 26.8.